The number of anilines is 3. The second-order valence-electron chi connectivity index (χ2n) is 10.2. The quantitative estimate of drug-likeness (QED) is 0.444. The first-order chi connectivity index (χ1) is 17.6. The first kappa shape index (κ1) is 21.7. The third-order valence-electron chi connectivity index (χ3n) is 8.19. The van der Waals surface area contributed by atoms with E-state index in [0.717, 1.165) is 91.7 Å². The average Bonchev–Trinajstić information content (AvgIpc) is 3.66. The first-order valence-electron chi connectivity index (χ1n) is 12.6. The highest BCUT2D eigenvalue weighted by Crippen LogP contribution is 2.42. The number of aryl methyl sites for hydroxylation is 1. The predicted molar refractivity (Wildman–Crippen MR) is 134 cm³/mol. The standard InChI is InChI=1S/C25H29N9O2/c1-15-22(26)25(14-35-15)6-9-33(10-7-25)20-12-27-21-23(30-20)31-32-24(21)34-8-2-3-18-19(34)5-4-17(29-18)16-11-28-36-13-16/h4-5,11-13,15,22H,2-3,6-10,14,26H2,1H3,(H,30,31,32)/t15-,22+/m0/s1. The Kier molecular flexibility index (Phi) is 4.97. The molecule has 3 aliphatic rings. The summed E-state index contributed by atoms with van der Waals surface area (Å²) in [7, 11) is 0. The number of rotatable bonds is 3. The number of pyridine rings is 1. The minimum absolute atomic E-state index is 0.0816. The fourth-order valence-corrected chi connectivity index (χ4v) is 5.94. The monoisotopic (exact) mass is 487 g/mol. The molecule has 0 bridgehead atoms. The third kappa shape index (κ3) is 3.37. The number of nitrogens with two attached hydrogens (primary N) is 1. The number of aromatic nitrogens is 6. The van der Waals surface area contributed by atoms with Crippen LogP contribution >= 0.6 is 0 Å². The molecule has 7 rings (SSSR count). The van der Waals surface area contributed by atoms with Crippen molar-refractivity contribution in [1.29, 1.82) is 0 Å². The van der Waals surface area contributed by atoms with Crippen molar-refractivity contribution in [2.24, 2.45) is 11.1 Å². The molecular weight excluding hydrogens is 458 g/mol. The molecule has 0 saturated carbocycles. The third-order valence-corrected chi connectivity index (χ3v) is 8.19. The molecule has 3 aliphatic heterocycles. The summed E-state index contributed by atoms with van der Waals surface area (Å²) in [6, 6.07) is 4.18. The molecule has 7 heterocycles. The Labute approximate surface area is 208 Å². The number of nitrogens with one attached hydrogen (secondary N) is 1. The number of hydrogen-bond acceptors (Lipinski definition) is 10. The van der Waals surface area contributed by atoms with Crippen molar-refractivity contribution in [2.45, 2.75) is 44.8 Å². The zero-order valence-corrected chi connectivity index (χ0v) is 20.2. The Bertz CT molecular complexity index is 1390. The highest BCUT2D eigenvalue weighted by molar-refractivity contribution is 5.87. The van der Waals surface area contributed by atoms with Gasteiger partial charge in [-0.3, -0.25) is 10.1 Å². The van der Waals surface area contributed by atoms with E-state index in [1.54, 1.807) is 12.5 Å². The van der Waals surface area contributed by atoms with Crippen LogP contribution in [0.25, 0.3) is 22.4 Å². The van der Waals surface area contributed by atoms with Gasteiger partial charge in [0.25, 0.3) is 0 Å². The van der Waals surface area contributed by atoms with Crippen molar-refractivity contribution in [3.63, 3.8) is 0 Å². The molecule has 4 aromatic heterocycles. The highest BCUT2D eigenvalue weighted by atomic mass is 16.5. The van der Waals surface area contributed by atoms with Crippen LogP contribution in [0.1, 0.15) is 31.9 Å². The Balaban J connectivity index is 1.14. The molecule has 0 unspecified atom stereocenters. The van der Waals surface area contributed by atoms with Crippen LogP contribution < -0.4 is 15.5 Å². The van der Waals surface area contributed by atoms with Gasteiger partial charge >= 0.3 is 0 Å². The minimum atomic E-state index is 0.0816. The topological polar surface area (TPSA) is 135 Å². The lowest BCUT2D eigenvalue weighted by Gasteiger charge is -2.41. The van der Waals surface area contributed by atoms with Gasteiger partial charge in [0, 0.05) is 31.1 Å². The molecular formula is C25H29N9O2. The summed E-state index contributed by atoms with van der Waals surface area (Å²) in [6.45, 7) is 5.47. The lowest BCUT2D eigenvalue weighted by molar-refractivity contribution is 0.0974. The van der Waals surface area contributed by atoms with Crippen LogP contribution in [0.2, 0.25) is 0 Å². The second kappa shape index (κ2) is 8.24. The summed E-state index contributed by atoms with van der Waals surface area (Å²) in [5.41, 5.74) is 11.8. The van der Waals surface area contributed by atoms with Crippen LogP contribution in [0, 0.1) is 5.41 Å². The molecule has 186 valence electrons. The summed E-state index contributed by atoms with van der Waals surface area (Å²) in [5.74, 6) is 1.65. The number of aromatic amines is 1. The normalized spacial score (nSPS) is 23.5. The first-order valence-corrected chi connectivity index (χ1v) is 12.6. The fraction of sp³-hybridized carbons (Fsp3) is 0.480. The highest BCUT2D eigenvalue weighted by Gasteiger charge is 2.47. The van der Waals surface area contributed by atoms with Gasteiger partial charge in [0.1, 0.15) is 12.1 Å². The van der Waals surface area contributed by atoms with Gasteiger partial charge < -0.3 is 24.8 Å². The largest absolute Gasteiger partial charge is 0.376 e. The van der Waals surface area contributed by atoms with Crippen molar-refractivity contribution >= 4 is 28.5 Å². The number of fused-ring (bicyclic) bond motifs is 2. The van der Waals surface area contributed by atoms with Crippen LogP contribution in [0.3, 0.4) is 0 Å². The molecule has 0 radical (unpaired) electrons. The Morgan fingerprint density at radius 2 is 2.03 bits per heavy atom. The van der Waals surface area contributed by atoms with E-state index in [-0.39, 0.29) is 17.6 Å². The molecule has 1 spiro atoms. The van der Waals surface area contributed by atoms with Crippen molar-refractivity contribution in [1.82, 2.24) is 30.3 Å². The Morgan fingerprint density at radius 1 is 1.14 bits per heavy atom. The van der Waals surface area contributed by atoms with E-state index < -0.39 is 0 Å². The van der Waals surface area contributed by atoms with Gasteiger partial charge in [-0.2, -0.15) is 5.10 Å². The Hall–Kier alpha value is -3.57. The van der Waals surface area contributed by atoms with Gasteiger partial charge in [-0.25, -0.2) is 9.97 Å². The predicted octanol–water partition coefficient (Wildman–Crippen LogP) is 2.82. The number of nitrogens with zero attached hydrogens (tertiary/aromatic N) is 7. The molecule has 11 nitrogen and oxygen atoms in total. The van der Waals surface area contributed by atoms with Crippen molar-refractivity contribution in [3.05, 3.63) is 36.5 Å². The maximum atomic E-state index is 6.49. The summed E-state index contributed by atoms with van der Waals surface area (Å²) in [6.07, 6.45) is 9.18. The maximum absolute atomic E-state index is 6.49. The maximum Gasteiger partial charge on any atom is 0.183 e. The fourth-order valence-electron chi connectivity index (χ4n) is 5.94. The SMILES string of the molecule is C[C@@H]1OCC2(CCN(c3cnc4c(N5CCCc6nc(-c7cnoc7)ccc65)n[nH]c4n3)CC2)[C@@H]1N. The van der Waals surface area contributed by atoms with E-state index in [2.05, 4.69) is 38.1 Å². The van der Waals surface area contributed by atoms with Gasteiger partial charge in [-0.05, 0) is 44.7 Å². The van der Waals surface area contributed by atoms with Crippen molar-refractivity contribution < 1.29 is 9.26 Å². The second-order valence-corrected chi connectivity index (χ2v) is 10.2. The summed E-state index contributed by atoms with van der Waals surface area (Å²) < 4.78 is 10.9. The van der Waals surface area contributed by atoms with E-state index in [0.29, 0.717) is 5.65 Å². The van der Waals surface area contributed by atoms with Gasteiger partial charge in [0.2, 0.25) is 0 Å². The van der Waals surface area contributed by atoms with Gasteiger partial charge in [0.05, 0.1) is 47.7 Å². The lowest BCUT2D eigenvalue weighted by atomic mass is 9.73. The lowest BCUT2D eigenvalue weighted by Crippen LogP contribution is -2.50. The minimum Gasteiger partial charge on any atom is -0.376 e. The summed E-state index contributed by atoms with van der Waals surface area (Å²) in [5, 5.41) is 11.5. The van der Waals surface area contributed by atoms with Gasteiger partial charge in [0.15, 0.2) is 17.0 Å². The van der Waals surface area contributed by atoms with Crippen LogP contribution in [0.4, 0.5) is 17.3 Å². The van der Waals surface area contributed by atoms with E-state index >= 15 is 0 Å². The molecule has 2 fully saturated rings. The number of piperidine rings is 1. The molecule has 0 amide bonds. The molecule has 0 aromatic carbocycles. The van der Waals surface area contributed by atoms with E-state index in [9.17, 15) is 0 Å². The van der Waals surface area contributed by atoms with Crippen molar-refractivity contribution in [2.75, 3.05) is 36.0 Å². The average molecular weight is 488 g/mol. The number of ether oxygens (including phenoxy) is 1. The molecule has 11 heteroatoms. The summed E-state index contributed by atoms with van der Waals surface area (Å²) in [4.78, 5) is 19.0. The zero-order valence-electron chi connectivity index (χ0n) is 20.2. The Morgan fingerprint density at radius 3 is 2.81 bits per heavy atom. The molecule has 2 saturated heterocycles. The number of H-pyrrole nitrogens is 1. The van der Waals surface area contributed by atoms with Crippen LogP contribution in [0.15, 0.2) is 35.3 Å². The molecule has 36 heavy (non-hydrogen) atoms. The van der Waals surface area contributed by atoms with E-state index in [4.69, 9.17) is 29.9 Å². The molecule has 3 N–H and O–H groups in total. The summed E-state index contributed by atoms with van der Waals surface area (Å²) >= 11 is 0. The van der Waals surface area contributed by atoms with Gasteiger partial charge in [-0.1, -0.05) is 5.16 Å². The van der Waals surface area contributed by atoms with Crippen LogP contribution in [0.5, 0.6) is 0 Å². The van der Waals surface area contributed by atoms with Crippen LogP contribution in [-0.4, -0.2) is 68.7 Å². The number of hydrogen-bond donors (Lipinski definition) is 2. The van der Waals surface area contributed by atoms with Crippen molar-refractivity contribution in [3.8, 4) is 11.3 Å². The van der Waals surface area contributed by atoms with Crippen LogP contribution in [-0.2, 0) is 11.2 Å². The zero-order chi connectivity index (χ0) is 24.3. The van der Waals surface area contributed by atoms with E-state index in [1.807, 2.05) is 12.3 Å². The smallest absolute Gasteiger partial charge is 0.183 e. The molecule has 2 atom stereocenters. The molecule has 4 aromatic rings. The molecule has 0 aliphatic carbocycles. The van der Waals surface area contributed by atoms with E-state index in [1.165, 1.54) is 0 Å². The van der Waals surface area contributed by atoms with Gasteiger partial charge in [-0.15, -0.1) is 0 Å².